The molecule has 1 aromatic heterocycles. The van der Waals surface area contributed by atoms with Crippen molar-refractivity contribution < 1.29 is 0 Å². The molecule has 0 amide bonds. The van der Waals surface area contributed by atoms with Crippen LogP contribution in [0.5, 0.6) is 0 Å². The van der Waals surface area contributed by atoms with Gasteiger partial charge in [-0.25, -0.2) is 4.98 Å². The van der Waals surface area contributed by atoms with E-state index in [-0.39, 0.29) is 5.54 Å². The lowest BCUT2D eigenvalue weighted by molar-refractivity contribution is 0.311. The molecule has 0 spiro atoms. The van der Waals surface area contributed by atoms with Crippen molar-refractivity contribution in [2.45, 2.75) is 37.6 Å². The number of hydrogen-bond acceptors (Lipinski definition) is 3. The number of rotatable bonds is 3. The summed E-state index contributed by atoms with van der Waals surface area (Å²) in [5.74, 6) is 0.925. The Morgan fingerprint density at radius 3 is 2.68 bits per heavy atom. The molecule has 19 heavy (non-hydrogen) atoms. The van der Waals surface area contributed by atoms with Gasteiger partial charge in [0.05, 0.1) is 5.52 Å². The van der Waals surface area contributed by atoms with Crippen LogP contribution < -0.4 is 11.1 Å². The second-order valence-corrected chi connectivity index (χ2v) is 5.67. The largest absolute Gasteiger partial charge is 0.368 e. The van der Waals surface area contributed by atoms with Crippen molar-refractivity contribution in [1.29, 1.82) is 0 Å². The molecule has 100 valence electrons. The number of aromatic nitrogens is 1. The summed E-state index contributed by atoms with van der Waals surface area (Å²) in [7, 11) is 0. The normalized spacial score (nSPS) is 18.4. The lowest BCUT2D eigenvalue weighted by Crippen LogP contribution is -2.47. The fourth-order valence-electron chi connectivity index (χ4n) is 2.86. The van der Waals surface area contributed by atoms with Crippen LogP contribution in [0, 0.1) is 0 Å². The van der Waals surface area contributed by atoms with Crippen molar-refractivity contribution in [1.82, 2.24) is 4.98 Å². The monoisotopic (exact) mass is 255 g/mol. The van der Waals surface area contributed by atoms with Crippen molar-refractivity contribution in [2.24, 2.45) is 5.73 Å². The van der Waals surface area contributed by atoms with Crippen LogP contribution in [0.15, 0.2) is 36.4 Å². The molecule has 0 aliphatic heterocycles. The first-order valence-corrected chi connectivity index (χ1v) is 7.14. The maximum atomic E-state index is 6.43. The Bertz CT molecular complexity index is 559. The number of fused-ring (bicyclic) bond motifs is 1. The highest BCUT2D eigenvalue weighted by Crippen LogP contribution is 2.26. The van der Waals surface area contributed by atoms with Gasteiger partial charge in [0.2, 0.25) is 0 Å². The van der Waals surface area contributed by atoms with E-state index in [9.17, 15) is 0 Å². The van der Waals surface area contributed by atoms with Crippen molar-refractivity contribution in [3.63, 3.8) is 0 Å². The van der Waals surface area contributed by atoms with E-state index in [4.69, 9.17) is 5.73 Å². The van der Waals surface area contributed by atoms with Gasteiger partial charge in [0, 0.05) is 17.5 Å². The number of benzene rings is 1. The van der Waals surface area contributed by atoms with Crippen LogP contribution >= 0.6 is 0 Å². The van der Waals surface area contributed by atoms with Crippen LogP contribution in [-0.4, -0.2) is 17.1 Å². The van der Waals surface area contributed by atoms with Gasteiger partial charge in [-0.1, -0.05) is 37.5 Å². The van der Waals surface area contributed by atoms with Crippen LogP contribution in [0.3, 0.4) is 0 Å². The summed E-state index contributed by atoms with van der Waals surface area (Å²) in [6.45, 7) is 0.818. The maximum absolute atomic E-state index is 6.43. The van der Waals surface area contributed by atoms with Crippen LogP contribution in [0.4, 0.5) is 5.82 Å². The number of nitrogens with one attached hydrogen (secondary N) is 1. The van der Waals surface area contributed by atoms with Gasteiger partial charge in [-0.2, -0.15) is 0 Å². The molecule has 1 aliphatic rings. The molecule has 0 atom stereocenters. The molecule has 2 aromatic rings. The smallest absolute Gasteiger partial charge is 0.126 e. The van der Waals surface area contributed by atoms with Gasteiger partial charge in [-0.15, -0.1) is 0 Å². The second kappa shape index (κ2) is 5.17. The quantitative estimate of drug-likeness (QED) is 0.884. The molecule has 1 aliphatic carbocycles. The van der Waals surface area contributed by atoms with E-state index < -0.39 is 0 Å². The highest BCUT2D eigenvalue weighted by Gasteiger charge is 2.26. The van der Waals surface area contributed by atoms with E-state index in [2.05, 4.69) is 22.4 Å². The van der Waals surface area contributed by atoms with Gasteiger partial charge >= 0.3 is 0 Å². The Kier molecular flexibility index (Phi) is 3.38. The van der Waals surface area contributed by atoms with Crippen molar-refractivity contribution in [3.8, 4) is 0 Å². The van der Waals surface area contributed by atoms with E-state index in [1.165, 1.54) is 24.6 Å². The fraction of sp³-hybridized carbons (Fsp3) is 0.438. The average Bonchev–Trinajstić information content (AvgIpc) is 2.46. The van der Waals surface area contributed by atoms with E-state index in [0.29, 0.717) is 0 Å². The third-order valence-electron chi connectivity index (χ3n) is 4.07. The third-order valence-corrected chi connectivity index (χ3v) is 4.07. The fourth-order valence-corrected chi connectivity index (χ4v) is 2.86. The third kappa shape index (κ3) is 2.87. The van der Waals surface area contributed by atoms with Gasteiger partial charge in [-0.05, 0) is 31.0 Å². The van der Waals surface area contributed by atoms with Gasteiger partial charge in [0.15, 0.2) is 0 Å². The standard InChI is InChI=1S/C16H21N3/c17-16(10-4-1-5-11-16)12-18-15-9-8-13-6-2-3-7-14(13)19-15/h2-3,6-9H,1,4-5,10-12,17H2,(H,18,19). The number of para-hydroxylation sites is 1. The maximum Gasteiger partial charge on any atom is 0.126 e. The Labute approximate surface area is 114 Å². The molecule has 3 heteroatoms. The highest BCUT2D eigenvalue weighted by molar-refractivity contribution is 5.80. The second-order valence-electron chi connectivity index (χ2n) is 5.67. The first kappa shape index (κ1) is 12.4. The van der Waals surface area contributed by atoms with Crippen molar-refractivity contribution >= 4 is 16.7 Å². The van der Waals surface area contributed by atoms with E-state index in [0.717, 1.165) is 30.7 Å². The topological polar surface area (TPSA) is 50.9 Å². The molecule has 0 saturated heterocycles. The molecule has 0 unspecified atom stereocenters. The molecule has 1 saturated carbocycles. The summed E-state index contributed by atoms with van der Waals surface area (Å²) >= 11 is 0. The number of anilines is 1. The van der Waals surface area contributed by atoms with Gasteiger partial charge in [0.25, 0.3) is 0 Å². The van der Waals surface area contributed by atoms with Crippen LogP contribution in [-0.2, 0) is 0 Å². The SMILES string of the molecule is NC1(CNc2ccc3ccccc3n2)CCCCC1. The van der Waals surface area contributed by atoms with Gasteiger partial charge < -0.3 is 11.1 Å². The first-order chi connectivity index (χ1) is 9.25. The molecule has 1 heterocycles. The van der Waals surface area contributed by atoms with E-state index >= 15 is 0 Å². The van der Waals surface area contributed by atoms with E-state index in [1.54, 1.807) is 0 Å². The highest BCUT2D eigenvalue weighted by atomic mass is 15.0. The van der Waals surface area contributed by atoms with Crippen molar-refractivity contribution in [3.05, 3.63) is 36.4 Å². The van der Waals surface area contributed by atoms with Crippen LogP contribution in [0.1, 0.15) is 32.1 Å². The number of hydrogen-bond donors (Lipinski definition) is 2. The van der Waals surface area contributed by atoms with Crippen LogP contribution in [0.25, 0.3) is 10.9 Å². The zero-order valence-corrected chi connectivity index (χ0v) is 11.2. The molecule has 3 N–H and O–H groups in total. The summed E-state index contributed by atoms with van der Waals surface area (Å²) in [5, 5.41) is 4.59. The molecule has 3 rings (SSSR count). The summed E-state index contributed by atoms with van der Waals surface area (Å²) in [5.41, 5.74) is 7.41. The predicted octanol–water partition coefficient (Wildman–Crippen LogP) is 3.31. The molecule has 3 nitrogen and oxygen atoms in total. The lowest BCUT2D eigenvalue weighted by atomic mass is 9.82. The molecular weight excluding hydrogens is 234 g/mol. The molecule has 1 aromatic carbocycles. The minimum absolute atomic E-state index is 0.0500. The number of nitrogens with two attached hydrogens (primary N) is 1. The summed E-state index contributed by atoms with van der Waals surface area (Å²) in [4.78, 5) is 4.62. The predicted molar refractivity (Wildman–Crippen MR) is 80.2 cm³/mol. The Hall–Kier alpha value is -1.61. The minimum Gasteiger partial charge on any atom is -0.368 e. The Morgan fingerprint density at radius 1 is 1.05 bits per heavy atom. The zero-order valence-electron chi connectivity index (χ0n) is 11.2. The first-order valence-electron chi connectivity index (χ1n) is 7.14. The summed E-state index contributed by atoms with van der Waals surface area (Å²) in [6.07, 6.45) is 6.07. The number of pyridine rings is 1. The molecule has 1 fully saturated rings. The zero-order chi connectivity index (χ0) is 13.1. The number of nitrogens with zero attached hydrogens (tertiary/aromatic N) is 1. The average molecular weight is 255 g/mol. The summed E-state index contributed by atoms with van der Waals surface area (Å²) in [6, 6.07) is 12.3. The van der Waals surface area contributed by atoms with Gasteiger partial charge in [0.1, 0.15) is 5.82 Å². The summed E-state index contributed by atoms with van der Waals surface area (Å²) < 4.78 is 0. The van der Waals surface area contributed by atoms with Gasteiger partial charge in [-0.3, -0.25) is 0 Å². The Morgan fingerprint density at radius 2 is 1.84 bits per heavy atom. The minimum atomic E-state index is -0.0500. The lowest BCUT2D eigenvalue weighted by Gasteiger charge is -2.33. The van der Waals surface area contributed by atoms with Crippen LogP contribution in [0.2, 0.25) is 0 Å². The Balaban J connectivity index is 1.71. The van der Waals surface area contributed by atoms with E-state index in [1.807, 2.05) is 24.3 Å². The molecule has 0 radical (unpaired) electrons. The molecule has 0 bridgehead atoms. The van der Waals surface area contributed by atoms with Crippen molar-refractivity contribution in [2.75, 3.05) is 11.9 Å². The molecular formula is C16H21N3.